The molecular formula is C18H21NO. The van der Waals surface area contributed by atoms with Gasteiger partial charge in [-0.25, -0.2) is 0 Å². The summed E-state index contributed by atoms with van der Waals surface area (Å²) in [6, 6.07) is 17.9. The fraction of sp³-hybridized carbons (Fsp3) is 0.222. The van der Waals surface area contributed by atoms with Gasteiger partial charge in [-0.2, -0.15) is 0 Å². The molecule has 0 aliphatic heterocycles. The predicted molar refractivity (Wildman–Crippen MR) is 85.2 cm³/mol. The van der Waals surface area contributed by atoms with Crippen LogP contribution in [0.5, 0.6) is 11.5 Å². The minimum absolute atomic E-state index is 0.859. The van der Waals surface area contributed by atoms with Crippen LogP contribution in [-0.4, -0.2) is 13.1 Å². The molecule has 1 N–H and O–H groups in total. The SMILES string of the molecule is CCCNCC=Cc1cccc(Oc2ccccc2)c1. The number of rotatable bonds is 7. The minimum Gasteiger partial charge on any atom is -0.457 e. The maximum absolute atomic E-state index is 5.81. The Morgan fingerprint density at radius 2 is 1.80 bits per heavy atom. The molecule has 0 saturated carbocycles. The van der Waals surface area contributed by atoms with Crippen LogP contribution in [0.2, 0.25) is 0 Å². The molecule has 0 atom stereocenters. The predicted octanol–water partition coefficient (Wildman–Crippen LogP) is 4.49. The van der Waals surface area contributed by atoms with Crippen molar-refractivity contribution in [2.75, 3.05) is 13.1 Å². The molecule has 2 heteroatoms. The van der Waals surface area contributed by atoms with Crippen LogP contribution in [0.3, 0.4) is 0 Å². The Hall–Kier alpha value is -2.06. The second kappa shape index (κ2) is 8.18. The van der Waals surface area contributed by atoms with E-state index in [1.165, 1.54) is 0 Å². The Kier molecular flexibility index (Phi) is 5.87. The summed E-state index contributed by atoms with van der Waals surface area (Å²) in [5, 5.41) is 3.34. The number of nitrogens with one attached hydrogen (secondary N) is 1. The van der Waals surface area contributed by atoms with E-state index in [-0.39, 0.29) is 0 Å². The molecule has 0 spiro atoms. The van der Waals surface area contributed by atoms with Gasteiger partial charge in [0.05, 0.1) is 0 Å². The second-order valence-corrected chi connectivity index (χ2v) is 4.59. The second-order valence-electron chi connectivity index (χ2n) is 4.59. The molecule has 0 aliphatic carbocycles. The lowest BCUT2D eigenvalue weighted by Gasteiger charge is -2.06. The van der Waals surface area contributed by atoms with E-state index in [1.807, 2.05) is 48.5 Å². The normalized spacial score (nSPS) is 10.8. The number of hydrogen-bond acceptors (Lipinski definition) is 2. The maximum atomic E-state index is 5.81. The van der Waals surface area contributed by atoms with Gasteiger partial charge in [-0.05, 0) is 42.8 Å². The van der Waals surface area contributed by atoms with E-state index >= 15 is 0 Å². The Bertz CT molecular complexity index is 534. The molecule has 0 aromatic heterocycles. The van der Waals surface area contributed by atoms with Crippen LogP contribution in [-0.2, 0) is 0 Å². The molecule has 104 valence electrons. The maximum Gasteiger partial charge on any atom is 0.128 e. The molecule has 0 unspecified atom stereocenters. The first kappa shape index (κ1) is 14.4. The Balaban J connectivity index is 1.94. The highest BCUT2D eigenvalue weighted by Crippen LogP contribution is 2.22. The van der Waals surface area contributed by atoms with Crippen molar-refractivity contribution in [3.63, 3.8) is 0 Å². The van der Waals surface area contributed by atoms with E-state index in [0.717, 1.165) is 36.6 Å². The number of ether oxygens (including phenoxy) is 1. The first-order valence-electron chi connectivity index (χ1n) is 7.08. The standard InChI is InChI=1S/C18H21NO/c1-2-13-19-14-7-9-16-8-6-12-18(15-16)20-17-10-4-3-5-11-17/h3-12,15,19H,2,13-14H2,1H3. The number of hydrogen-bond donors (Lipinski definition) is 1. The van der Waals surface area contributed by atoms with Crippen LogP contribution < -0.4 is 10.1 Å². The fourth-order valence-electron chi connectivity index (χ4n) is 1.86. The molecule has 0 radical (unpaired) electrons. The third kappa shape index (κ3) is 4.90. The Morgan fingerprint density at radius 3 is 2.60 bits per heavy atom. The van der Waals surface area contributed by atoms with Crippen molar-refractivity contribution in [3.8, 4) is 11.5 Å². The van der Waals surface area contributed by atoms with Crippen molar-refractivity contribution < 1.29 is 4.74 Å². The number of para-hydroxylation sites is 1. The lowest BCUT2D eigenvalue weighted by Crippen LogP contribution is -2.13. The van der Waals surface area contributed by atoms with E-state index in [0.29, 0.717) is 0 Å². The van der Waals surface area contributed by atoms with Gasteiger partial charge in [0.2, 0.25) is 0 Å². The Labute approximate surface area is 121 Å². The zero-order chi connectivity index (χ0) is 14.0. The molecule has 0 bridgehead atoms. The van der Waals surface area contributed by atoms with Gasteiger partial charge in [-0.1, -0.05) is 49.4 Å². The van der Waals surface area contributed by atoms with Gasteiger partial charge in [0.15, 0.2) is 0 Å². The summed E-state index contributed by atoms with van der Waals surface area (Å²) in [5.41, 5.74) is 1.15. The minimum atomic E-state index is 0.859. The van der Waals surface area contributed by atoms with E-state index in [2.05, 4.69) is 30.5 Å². The summed E-state index contributed by atoms with van der Waals surface area (Å²) in [6.07, 6.45) is 5.41. The number of benzene rings is 2. The smallest absolute Gasteiger partial charge is 0.128 e. The van der Waals surface area contributed by atoms with Gasteiger partial charge in [0, 0.05) is 6.54 Å². The summed E-state index contributed by atoms with van der Waals surface area (Å²) >= 11 is 0. The average Bonchev–Trinajstić information content (AvgIpc) is 2.48. The van der Waals surface area contributed by atoms with Crippen LogP contribution in [0.1, 0.15) is 18.9 Å². The van der Waals surface area contributed by atoms with Crippen molar-refractivity contribution >= 4 is 6.08 Å². The fourth-order valence-corrected chi connectivity index (χ4v) is 1.86. The first-order chi connectivity index (χ1) is 9.88. The van der Waals surface area contributed by atoms with Crippen LogP contribution in [0, 0.1) is 0 Å². The van der Waals surface area contributed by atoms with Gasteiger partial charge in [-0.3, -0.25) is 0 Å². The van der Waals surface area contributed by atoms with Gasteiger partial charge in [0.25, 0.3) is 0 Å². The van der Waals surface area contributed by atoms with Crippen molar-refractivity contribution in [3.05, 3.63) is 66.2 Å². The molecule has 0 saturated heterocycles. The lowest BCUT2D eigenvalue weighted by atomic mass is 10.2. The monoisotopic (exact) mass is 267 g/mol. The molecule has 0 heterocycles. The summed E-state index contributed by atoms with van der Waals surface area (Å²) in [4.78, 5) is 0. The van der Waals surface area contributed by atoms with Crippen LogP contribution in [0.25, 0.3) is 6.08 Å². The summed E-state index contributed by atoms with van der Waals surface area (Å²) in [5.74, 6) is 1.72. The lowest BCUT2D eigenvalue weighted by molar-refractivity contribution is 0.482. The van der Waals surface area contributed by atoms with Crippen molar-refractivity contribution in [1.29, 1.82) is 0 Å². The summed E-state index contributed by atoms with van der Waals surface area (Å²) < 4.78 is 5.81. The first-order valence-corrected chi connectivity index (χ1v) is 7.08. The van der Waals surface area contributed by atoms with Gasteiger partial charge in [0.1, 0.15) is 11.5 Å². The van der Waals surface area contributed by atoms with Gasteiger partial charge >= 0.3 is 0 Å². The van der Waals surface area contributed by atoms with Gasteiger partial charge < -0.3 is 10.1 Å². The van der Waals surface area contributed by atoms with Crippen molar-refractivity contribution in [2.45, 2.75) is 13.3 Å². The van der Waals surface area contributed by atoms with Crippen LogP contribution in [0.15, 0.2) is 60.7 Å². The third-order valence-corrected chi connectivity index (χ3v) is 2.84. The molecule has 20 heavy (non-hydrogen) atoms. The molecule has 2 aromatic carbocycles. The summed E-state index contributed by atoms with van der Waals surface area (Å²) in [6.45, 7) is 4.13. The highest BCUT2D eigenvalue weighted by atomic mass is 16.5. The van der Waals surface area contributed by atoms with E-state index in [9.17, 15) is 0 Å². The molecular weight excluding hydrogens is 246 g/mol. The molecule has 2 rings (SSSR count). The average molecular weight is 267 g/mol. The summed E-state index contributed by atoms with van der Waals surface area (Å²) in [7, 11) is 0. The molecule has 2 nitrogen and oxygen atoms in total. The van der Waals surface area contributed by atoms with E-state index < -0.39 is 0 Å². The third-order valence-electron chi connectivity index (χ3n) is 2.84. The van der Waals surface area contributed by atoms with E-state index in [1.54, 1.807) is 0 Å². The van der Waals surface area contributed by atoms with Crippen LogP contribution >= 0.6 is 0 Å². The van der Waals surface area contributed by atoms with E-state index in [4.69, 9.17) is 4.74 Å². The Morgan fingerprint density at radius 1 is 1.00 bits per heavy atom. The zero-order valence-corrected chi connectivity index (χ0v) is 11.9. The van der Waals surface area contributed by atoms with Crippen molar-refractivity contribution in [2.24, 2.45) is 0 Å². The largest absolute Gasteiger partial charge is 0.457 e. The molecule has 0 amide bonds. The van der Waals surface area contributed by atoms with Gasteiger partial charge in [-0.15, -0.1) is 0 Å². The highest BCUT2D eigenvalue weighted by Gasteiger charge is 1.96. The van der Waals surface area contributed by atoms with Crippen molar-refractivity contribution in [1.82, 2.24) is 5.32 Å². The highest BCUT2D eigenvalue weighted by molar-refractivity contribution is 5.52. The quantitative estimate of drug-likeness (QED) is 0.746. The molecule has 0 aliphatic rings. The van der Waals surface area contributed by atoms with Crippen LogP contribution in [0.4, 0.5) is 0 Å². The topological polar surface area (TPSA) is 21.3 Å². The zero-order valence-electron chi connectivity index (χ0n) is 11.9. The molecule has 2 aromatic rings. The molecule has 0 fully saturated rings.